The van der Waals surface area contributed by atoms with Crippen molar-refractivity contribution in [3.05, 3.63) is 20.8 Å². The summed E-state index contributed by atoms with van der Waals surface area (Å²) in [5, 5.41) is 0. The second-order valence-electron chi connectivity index (χ2n) is 6.96. The maximum Gasteiger partial charge on any atom is 0.330 e. The molecule has 0 atom stereocenters. The van der Waals surface area contributed by atoms with Crippen LogP contribution in [0.15, 0.2) is 9.59 Å². The van der Waals surface area contributed by atoms with E-state index in [0.29, 0.717) is 26.1 Å². The van der Waals surface area contributed by atoms with Crippen molar-refractivity contribution in [2.45, 2.75) is 46.1 Å². The van der Waals surface area contributed by atoms with Gasteiger partial charge < -0.3 is 15.4 Å². The minimum Gasteiger partial charge on any atom is -0.385 e. The van der Waals surface area contributed by atoms with E-state index in [4.69, 9.17) is 10.5 Å². The number of hydrogen-bond acceptors (Lipinski definition) is 5. The average Bonchev–Trinajstić information content (AvgIpc) is 2.47. The number of anilines is 2. The lowest BCUT2D eigenvalue weighted by molar-refractivity contribution is -0.124. The summed E-state index contributed by atoms with van der Waals surface area (Å²) >= 11 is 0. The Kier molecular flexibility index (Phi) is 6.41. The van der Waals surface area contributed by atoms with Crippen LogP contribution in [0.1, 0.15) is 39.5 Å². The van der Waals surface area contributed by atoms with E-state index in [0.717, 1.165) is 19.3 Å². The molecule has 3 N–H and O–H groups in total. The van der Waals surface area contributed by atoms with Crippen molar-refractivity contribution in [1.82, 2.24) is 9.55 Å². The van der Waals surface area contributed by atoms with Gasteiger partial charge in [0, 0.05) is 32.7 Å². The summed E-state index contributed by atoms with van der Waals surface area (Å²) < 4.78 is 6.39. The molecule has 1 aromatic heterocycles. The average molecular weight is 352 g/mol. The molecule has 1 aliphatic carbocycles. The summed E-state index contributed by atoms with van der Waals surface area (Å²) in [5.74, 6) is 0.0386. The molecule has 0 radical (unpaired) electrons. The summed E-state index contributed by atoms with van der Waals surface area (Å²) in [6.45, 7) is 5.07. The molecule has 0 aliphatic heterocycles. The lowest BCUT2D eigenvalue weighted by Gasteiger charge is -2.32. The van der Waals surface area contributed by atoms with Gasteiger partial charge >= 0.3 is 5.69 Å². The van der Waals surface area contributed by atoms with Gasteiger partial charge in [0.05, 0.1) is 0 Å². The normalized spacial score (nSPS) is 14.6. The van der Waals surface area contributed by atoms with E-state index in [9.17, 15) is 14.4 Å². The van der Waals surface area contributed by atoms with Crippen LogP contribution in [0.2, 0.25) is 0 Å². The summed E-state index contributed by atoms with van der Waals surface area (Å²) in [6, 6.07) is 0. The number of aromatic amines is 1. The molecule has 8 heteroatoms. The van der Waals surface area contributed by atoms with Crippen molar-refractivity contribution in [1.29, 1.82) is 0 Å². The fourth-order valence-electron chi connectivity index (χ4n) is 2.96. The molecule has 1 amide bonds. The van der Waals surface area contributed by atoms with Gasteiger partial charge in [-0.25, -0.2) is 4.79 Å². The second-order valence-corrected chi connectivity index (χ2v) is 6.96. The highest BCUT2D eigenvalue weighted by Crippen LogP contribution is 2.30. The molecule has 0 aromatic carbocycles. The number of carbonyl (C=O) groups is 1. The van der Waals surface area contributed by atoms with Gasteiger partial charge in [0.2, 0.25) is 5.91 Å². The Bertz CT molecular complexity index is 718. The first-order valence-corrected chi connectivity index (χ1v) is 8.79. The molecular formula is C17H28N4O4. The van der Waals surface area contributed by atoms with Gasteiger partial charge in [0.1, 0.15) is 5.82 Å². The van der Waals surface area contributed by atoms with Gasteiger partial charge in [0.15, 0.2) is 5.69 Å². The number of amides is 1. The van der Waals surface area contributed by atoms with Crippen LogP contribution in [0.5, 0.6) is 0 Å². The lowest BCUT2D eigenvalue weighted by atomic mass is 9.84. The number of aromatic nitrogens is 2. The Morgan fingerprint density at radius 3 is 2.60 bits per heavy atom. The molecule has 140 valence electrons. The molecule has 1 saturated carbocycles. The van der Waals surface area contributed by atoms with Crippen LogP contribution in [0, 0.1) is 11.8 Å². The number of nitrogens with one attached hydrogen (secondary N) is 1. The third kappa shape index (κ3) is 4.31. The topological polar surface area (TPSA) is 110 Å². The highest BCUT2D eigenvalue weighted by molar-refractivity contribution is 5.97. The molecule has 0 saturated heterocycles. The van der Waals surface area contributed by atoms with Crippen molar-refractivity contribution < 1.29 is 9.53 Å². The Hall–Kier alpha value is -2.09. The maximum absolute atomic E-state index is 12.8. The number of methoxy groups -OCH3 is 1. The van der Waals surface area contributed by atoms with Gasteiger partial charge in [-0.3, -0.25) is 19.1 Å². The van der Waals surface area contributed by atoms with Gasteiger partial charge in [-0.1, -0.05) is 20.3 Å². The number of carbonyl (C=O) groups excluding carboxylic acids is 1. The third-order valence-electron chi connectivity index (χ3n) is 4.48. The number of nitrogens with zero attached hydrogens (tertiary/aromatic N) is 2. The van der Waals surface area contributed by atoms with Gasteiger partial charge in [0.25, 0.3) is 5.56 Å². The summed E-state index contributed by atoms with van der Waals surface area (Å²) in [7, 11) is 1.59. The monoisotopic (exact) mass is 352 g/mol. The van der Waals surface area contributed by atoms with Crippen LogP contribution in [0.4, 0.5) is 11.5 Å². The van der Waals surface area contributed by atoms with E-state index in [1.165, 1.54) is 9.47 Å². The lowest BCUT2D eigenvalue weighted by Crippen LogP contribution is -2.45. The van der Waals surface area contributed by atoms with Crippen molar-refractivity contribution in [3.8, 4) is 0 Å². The fraction of sp³-hybridized carbons (Fsp3) is 0.706. The minimum absolute atomic E-state index is 0.0486. The standard InChI is InChI=1S/C17H28N4O4/c1-11(2)10-21-14(18)13(15(22)19-17(21)24)20(8-5-9-25-3)16(23)12-6-4-7-12/h11-12H,4-10,18H2,1-3H3,(H,19,22,24). The SMILES string of the molecule is COCCCN(C(=O)C1CCC1)c1c(N)n(CC(C)C)c(=O)[nH]c1=O. The molecule has 1 fully saturated rings. The largest absolute Gasteiger partial charge is 0.385 e. The van der Waals surface area contributed by atoms with Crippen molar-refractivity contribution >= 4 is 17.4 Å². The van der Waals surface area contributed by atoms with E-state index >= 15 is 0 Å². The number of ether oxygens (including phenoxy) is 1. The maximum atomic E-state index is 12.8. The van der Waals surface area contributed by atoms with Gasteiger partial charge in [-0.15, -0.1) is 0 Å². The second kappa shape index (κ2) is 8.33. The highest BCUT2D eigenvalue weighted by atomic mass is 16.5. The summed E-state index contributed by atoms with van der Waals surface area (Å²) in [6.07, 6.45) is 3.24. The number of hydrogen-bond donors (Lipinski definition) is 2. The Labute approximate surface area is 147 Å². The molecule has 8 nitrogen and oxygen atoms in total. The van der Waals surface area contributed by atoms with E-state index in [1.807, 2.05) is 13.8 Å². The van der Waals surface area contributed by atoms with Crippen molar-refractivity contribution in [2.75, 3.05) is 30.9 Å². The van der Waals surface area contributed by atoms with E-state index in [1.54, 1.807) is 7.11 Å². The number of nitrogens with two attached hydrogens (primary N) is 1. The van der Waals surface area contributed by atoms with Crippen LogP contribution >= 0.6 is 0 Å². The van der Waals surface area contributed by atoms with Crippen LogP contribution in [0.3, 0.4) is 0 Å². The van der Waals surface area contributed by atoms with Crippen LogP contribution in [-0.4, -0.2) is 35.7 Å². The molecular weight excluding hydrogens is 324 g/mol. The summed E-state index contributed by atoms with van der Waals surface area (Å²) in [5.41, 5.74) is 5.06. The molecule has 1 heterocycles. The van der Waals surface area contributed by atoms with Crippen molar-refractivity contribution in [3.63, 3.8) is 0 Å². The van der Waals surface area contributed by atoms with E-state index < -0.39 is 11.2 Å². The Morgan fingerprint density at radius 1 is 1.40 bits per heavy atom. The molecule has 0 spiro atoms. The predicted molar refractivity (Wildman–Crippen MR) is 96.8 cm³/mol. The quantitative estimate of drug-likeness (QED) is 0.677. The molecule has 0 bridgehead atoms. The molecule has 1 aliphatic rings. The van der Waals surface area contributed by atoms with E-state index in [2.05, 4.69) is 4.98 Å². The van der Waals surface area contributed by atoms with Gasteiger partial charge in [-0.2, -0.15) is 0 Å². The zero-order valence-electron chi connectivity index (χ0n) is 15.2. The zero-order valence-corrected chi connectivity index (χ0v) is 15.2. The number of H-pyrrole nitrogens is 1. The zero-order chi connectivity index (χ0) is 18.6. The van der Waals surface area contributed by atoms with Crippen LogP contribution in [0.25, 0.3) is 0 Å². The van der Waals surface area contributed by atoms with Crippen LogP contribution < -0.4 is 21.9 Å². The first kappa shape index (κ1) is 19.2. The Balaban J connectivity index is 2.45. The van der Waals surface area contributed by atoms with Crippen LogP contribution in [-0.2, 0) is 16.1 Å². The molecule has 2 rings (SSSR count). The first-order valence-electron chi connectivity index (χ1n) is 8.79. The molecule has 1 aromatic rings. The minimum atomic E-state index is -0.618. The summed E-state index contributed by atoms with van der Waals surface area (Å²) in [4.78, 5) is 41.1. The fourth-order valence-corrected chi connectivity index (χ4v) is 2.96. The molecule has 0 unspecified atom stereocenters. The smallest absolute Gasteiger partial charge is 0.330 e. The predicted octanol–water partition coefficient (Wildman–Crippen LogP) is 0.944. The van der Waals surface area contributed by atoms with E-state index in [-0.39, 0.29) is 29.2 Å². The molecule has 25 heavy (non-hydrogen) atoms. The van der Waals surface area contributed by atoms with Crippen molar-refractivity contribution in [2.24, 2.45) is 11.8 Å². The number of nitrogen functional groups attached to an aromatic ring is 1. The number of rotatable bonds is 8. The first-order chi connectivity index (χ1) is 11.9. The third-order valence-corrected chi connectivity index (χ3v) is 4.48. The van der Waals surface area contributed by atoms with Gasteiger partial charge in [-0.05, 0) is 25.2 Å². The highest BCUT2D eigenvalue weighted by Gasteiger charge is 2.32. The Morgan fingerprint density at radius 2 is 2.08 bits per heavy atom.